The van der Waals surface area contributed by atoms with Gasteiger partial charge in [0, 0.05) is 0 Å². The van der Waals surface area contributed by atoms with Crippen LogP contribution in [0.3, 0.4) is 0 Å². The van der Waals surface area contributed by atoms with E-state index in [1.54, 1.807) is 0 Å². The Morgan fingerprint density at radius 2 is 2.00 bits per heavy atom. The van der Waals surface area contributed by atoms with Crippen molar-refractivity contribution in [3.05, 3.63) is 0 Å². The number of rotatable bonds is 5. The number of carbonyl (C=O) groups excluding carboxylic acids is 2. The van der Waals surface area contributed by atoms with Gasteiger partial charge in [-0.2, -0.15) is 0 Å². The van der Waals surface area contributed by atoms with Crippen LogP contribution >= 0.6 is 0 Å². The van der Waals surface area contributed by atoms with Crippen LogP contribution in [-0.2, 0) is 19.1 Å². The Morgan fingerprint density at radius 3 is 2.33 bits per heavy atom. The fourth-order valence-electron chi connectivity index (χ4n) is 0.753. The van der Waals surface area contributed by atoms with Gasteiger partial charge >= 0.3 is 11.9 Å². The molecular formula is C8H14N2O5. The first kappa shape index (κ1) is 13.4. The molecule has 0 saturated carbocycles. The van der Waals surface area contributed by atoms with Crippen molar-refractivity contribution < 1.29 is 24.2 Å². The smallest absolute Gasteiger partial charge is 0.326 e. The highest BCUT2D eigenvalue weighted by Crippen LogP contribution is 1.95. The number of esters is 1. The molecule has 0 aliphatic rings. The minimum absolute atomic E-state index is 0.426. The highest BCUT2D eigenvalue weighted by Gasteiger charge is 2.24. The number of ether oxygens (including phenoxy) is 1. The zero-order valence-electron chi connectivity index (χ0n) is 8.52. The Hall–Kier alpha value is -1.63. The Bertz CT molecular complexity index is 264. The van der Waals surface area contributed by atoms with Crippen LogP contribution in [0, 0.1) is 0 Å². The minimum Gasteiger partial charge on any atom is -0.480 e. The SMILES string of the molecule is COC(=O)C[C@H](NC(=O)[C@@H](C)N)C(=O)O. The van der Waals surface area contributed by atoms with Crippen molar-refractivity contribution in [1.82, 2.24) is 5.32 Å². The fourth-order valence-corrected chi connectivity index (χ4v) is 0.753. The maximum atomic E-state index is 11.1. The lowest BCUT2D eigenvalue weighted by Gasteiger charge is -2.14. The Kier molecular flexibility index (Phi) is 5.32. The number of carboxylic acid groups (broad SMARTS) is 1. The Balaban J connectivity index is 4.35. The zero-order valence-corrected chi connectivity index (χ0v) is 8.52. The molecule has 0 aliphatic carbocycles. The molecule has 0 rings (SSSR count). The number of carbonyl (C=O) groups is 3. The number of methoxy groups -OCH3 is 1. The van der Waals surface area contributed by atoms with Crippen LogP contribution in [0.25, 0.3) is 0 Å². The summed E-state index contributed by atoms with van der Waals surface area (Å²) < 4.78 is 4.29. The first-order valence-electron chi connectivity index (χ1n) is 4.24. The lowest BCUT2D eigenvalue weighted by Crippen LogP contribution is -2.48. The normalized spacial score (nSPS) is 13.8. The Morgan fingerprint density at radius 1 is 1.47 bits per heavy atom. The number of hydrogen-bond acceptors (Lipinski definition) is 5. The molecule has 1 amide bonds. The molecule has 7 nitrogen and oxygen atoms in total. The van der Waals surface area contributed by atoms with E-state index in [1.165, 1.54) is 6.92 Å². The molecule has 0 heterocycles. The predicted molar refractivity (Wildman–Crippen MR) is 49.8 cm³/mol. The van der Waals surface area contributed by atoms with Crippen molar-refractivity contribution in [2.75, 3.05) is 7.11 Å². The molecule has 0 aromatic rings. The summed E-state index contributed by atoms with van der Waals surface area (Å²) in [6.07, 6.45) is -0.426. The number of carboxylic acids is 1. The van der Waals surface area contributed by atoms with Crippen LogP contribution < -0.4 is 11.1 Å². The average Bonchev–Trinajstić information content (AvgIpc) is 2.15. The van der Waals surface area contributed by atoms with Gasteiger partial charge in [-0.05, 0) is 6.92 Å². The summed E-state index contributed by atoms with van der Waals surface area (Å²) in [5.41, 5.74) is 5.23. The highest BCUT2D eigenvalue weighted by atomic mass is 16.5. The molecular weight excluding hydrogens is 204 g/mol. The average molecular weight is 218 g/mol. The maximum Gasteiger partial charge on any atom is 0.326 e. The zero-order chi connectivity index (χ0) is 12.0. The number of hydrogen-bond donors (Lipinski definition) is 3. The topological polar surface area (TPSA) is 119 Å². The highest BCUT2D eigenvalue weighted by molar-refractivity contribution is 5.89. The fraction of sp³-hybridized carbons (Fsp3) is 0.625. The van der Waals surface area contributed by atoms with Gasteiger partial charge in [0.2, 0.25) is 5.91 Å². The van der Waals surface area contributed by atoms with Gasteiger partial charge in [-0.25, -0.2) is 4.79 Å². The molecule has 15 heavy (non-hydrogen) atoms. The monoisotopic (exact) mass is 218 g/mol. The van der Waals surface area contributed by atoms with Gasteiger partial charge in [-0.15, -0.1) is 0 Å². The molecule has 86 valence electrons. The molecule has 2 atom stereocenters. The Labute approximate surface area is 86.6 Å². The van der Waals surface area contributed by atoms with Gasteiger partial charge < -0.3 is 20.9 Å². The van der Waals surface area contributed by atoms with Gasteiger partial charge in [-0.1, -0.05) is 0 Å². The molecule has 7 heteroatoms. The molecule has 0 aliphatic heterocycles. The van der Waals surface area contributed by atoms with Crippen LogP contribution in [0.2, 0.25) is 0 Å². The maximum absolute atomic E-state index is 11.1. The molecule has 0 unspecified atom stereocenters. The summed E-state index contributed by atoms with van der Waals surface area (Å²) in [4.78, 5) is 32.5. The molecule has 0 spiro atoms. The first-order chi connectivity index (χ1) is 6.88. The van der Waals surface area contributed by atoms with Crippen molar-refractivity contribution in [3.63, 3.8) is 0 Å². The second-order valence-corrected chi connectivity index (χ2v) is 2.97. The van der Waals surface area contributed by atoms with Gasteiger partial charge in [-0.3, -0.25) is 9.59 Å². The molecule has 0 aromatic carbocycles. The van der Waals surface area contributed by atoms with Gasteiger partial charge in [0.05, 0.1) is 19.6 Å². The summed E-state index contributed by atoms with van der Waals surface area (Å²) in [5, 5.41) is 10.8. The van der Waals surface area contributed by atoms with Crippen LogP contribution in [-0.4, -0.2) is 42.1 Å². The van der Waals surface area contributed by atoms with E-state index in [1.807, 2.05) is 0 Å². The van der Waals surface area contributed by atoms with Crippen LogP contribution in [0.15, 0.2) is 0 Å². The van der Waals surface area contributed by atoms with E-state index in [0.717, 1.165) is 7.11 Å². The molecule has 0 fully saturated rings. The third-order valence-corrected chi connectivity index (χ3v) is 1.63. The van der Waals surface area contributed by atoms with E-state index in [0.29, 0.717) is 0 Å². The van der Waals surface area contributed by atoms with Crippen molar-refractivity contribution >= 4 is 17.8 Å². The van der Waals surface area contributed by atoms with Crippen molar-refractivity contribution in [3.8, 4) is 0 Å². The standard InChI is InChI=1S/C8H14N2O5/c1-4(9)7(12)10-5(8(13)14)3-6(11)15-2/h4-5H,3,9H2,1-2H3,(H,10,12)(H,13,14)/t4-,5+/m1/s1. The lowest BCUT2D eigenvalue weighted by molar-refractivity contribution is -0.148. The molecule has 0 aromatic heterocycles. The molecule has 0 bridgehead atoms. The van der Waals surface area contributed by atoms with Gasteiger partial charge in [0.1, 0.15) is 6.04 Å². The summed E-state index contributed by atoms with van der Waals surface area (Å²) in [7, 11) is 1.13. The van der Waals surface area contributed by atoms with E-state index in [-0.39, 0.29) is 0 Å². The third-order valence-electron chi connectivity index (χ3n) is 1.63. The van der Waals surface area contributed by atoms with Crippen molar-refractivity contribution in [1.29, 1.82) is 0 Å². The van der Waals surface area contributed by atoms with Gasteiger partial charge in [0.25, 0.3) is 0 Å². The van der Waals surface area contributed by atoms with Crippen LogP contribution in [0.1, 0.15) is 13.3 Å². The summed E-state index contributed by atoms with van der Waals surface area (Å²) in [6, 6.07) is -2.14. The molecule has 4 N–H and O–H groups in total. The van der Waals surface area contributed by atoms with Gasteiger partial charge in [0.15, 0.2) is 0 Å². The van der Waals surface area contributed by atoms with E-state index >= 15 is 0 Å². The summed E-state index contributed by atoms with van der Waals surface area (Å²) >= 11 is 0. The number of aliphatic carboxylic acids is 1. The second-order valence-electron chi connectivity index (χ2n) is 2.97. The van der Waals surface area contributed by atoms with Crippen molar-refractivity contribution in [2.24, 2.45) is 5.73 Å². The lowest BCUT2D eigenvalue weighted by atomic mass is 10.2. The van der Waals surface area contributed by atoms with E-state index in [9.17, 15) is 14.4 Å². The largest absolute Gasteiger partial charge is 0.480 e. The number of amides is 1. The summed E-state index contributed by atoms with van der Waals surface area (Å²) in [6.45, 7) is 1.41. The quantitative estimate of drug-likeness (QED) is 0.481. The first-order valence-corrected chi connectivity index (χ1v) is 4.24. The van der Waals surface area contributed by atoms with Crippen LogP contribution in [0.4, 0.5) is 0 Å². The second kappa shape index (κ2) is 5.97. The van der Waals surface area contributed by atoms with E-state index in [4.69, 9.17) is 10.8 Å². The van der Waals surface area contributed by atoms with E-state index in [2.05, 4.69) is 10.1 Å². The predicted octanol–water partition coefficient (Wildman–Crippen LogP) is -1.53. The number of nitrogens with one attached hydrogen (secondary N) is 1. The molecule has 0 saturated heterocycles. The minimum atomic E-state index is -1.31. The van der Waals surface area contributed by atoms with Crippen LogP contribution in [0.5, 0.6) is 0 Å². The third kappa shape index (κ3) is 4.96. The van der Waals surface area contributed by atoms with Crippen molar-refractivity contribution in [2.45, 2.75) is 25.4 Å². The number of nitrogens with two attached hydrogens (primary N) is 1. The summed E-state index contributed by atoms with van der Waals surface area (Å²) in [5.74, 6) is -2.66. The van der Waals surface area contributed by atoms with E-state index < -0.39 is 36.4 Å². The molecule has 0 radical (unpaired) electrons.